The number of nitrogens with one attached hydrogen (secondary N) is 1. The maximum Gasteiger partial charge on any atom is 0.246 e. The van der Waals surface area contributed by atoms with Crippen LogP contribution in [0.4, 0.5) is 20.3 Å². The van der Waals surface area contributed by atoms with E-state index in [2.05, 4.69) is 25.3 Å². The van der Waals surface area contributed by atoms with Crippen molar-refractivity contribution >= 4 is 11.5 Å². The summed E-state index contributed by atoms with van der Waals surface area (Å²) in [5.41, 5.74) is 1.02. The van der Waals surface area contributed by atoms with Crippen molar-refractivity contribution in [2.24, 2.45) is 0 Å². The average Bonchev–Trinajstić information content (AvgIpc) is 2.71. The van der Waals surface area contributed by atoms with E-state index >= 15 is 0 Å². The van der Waals surface area contributed by atoms with E-state index in [4.69, 9.17) is 4.74 Å². The molecule has 0 saturated heterocycles. The molecule has 1 N–H and O–H groups in total. The van der Waals surface area contributed by atoms with Crippen LogP contribution in [0, 0.1) is 11.8 Å². The van der Waals surface area contributed by atoms with Crippen molar-refractivity contribution in [3.63, 3.8) is 0 Å². The molecular formula is C20H13F2N5O. The highest BCUT2D eigenvalue weighted by Gasteiger charge is 2.13. The molecule has 3 heterocycles. The van der Waals surface area contributed by atoms with E-state index in [1.54, 1.807) is 36.5 Å². The Bertz CT molecular complexity index is 1110. The highest BCUT2D eigenvalue weighted by molar-refractivity contribution is 5.64. The van der Waals surface area contributed by atoms with E-state index in [1.807, 2.05) is 0 Å². The Morgan fingerprint density at radius 1 is 0.786 bits per heavy atom. The van der Waals surface area contributed by atoms with Crippen LogP contribution in [-0.2, 0) is 0 Å². The van der Waals surface area contributed by atoms with Gasteiger partial charge >= 0.3 is 0 Å². The number of benzene rings is 1. The lowest BCUT2D eigenvalue weighted by molar-refractivity contribution is 0.458. The zero-order valence-corrected chi connectivity index (χ0v) is 14.4. The normalized spacial score (nSPS) is 10.5. The highest BCUT2D eigenvalue weighted by atomic mass is 19.1. The van der Waals surface area contributed by atoms with Gasteiger partial charge in [0.15, 0.2) is 0 Å². The Morgan fingerprint density at radius 3 is 2.46 bits per heavy atom. The van der Waals surface area contributed by atoms with Gasteiger partial charge in [0.25, 0.3) is 0 Å². The molecule has 0 radical (unpaired) electrons. The van der Waals surface area contributed by atoms with Gasteiger partial charge in [-0.3, -0.25) is 0 Å². The van der Waals surface area contributed by atoms with Gasteiger partial charge in [0.1, 0.15) is 23.1 Å². The minimum atomic E-state index is -0.648. The van der Waals surface area contributed by atoms with Crippen molar-refractivity contribution in [1.82, 2.24) is 19.9 Å². The lowest BCUT2D eigenvalue weighted by Crippen LogP contribution is -1.98. The standard InChI is InChI=1S/C20H13F2N5O/c21-15-12-14(4-5-16(15)27-18-3-1-2-7-24-18)28-20-19(25-9-10-26-20)13-6-8-23-17(22)11-13/h1-12H,(H,24,27). The molecular weight excluding hydrogens is 364 g/mol. The maximum absolute atomic E-state index is 14.5. The first-order valence-electron chi connectivity index (χ1n) is 8.27. The van der Waals surface area contributed by atoms with Gasteiger partial charge in [-0.15, -0.1) is 0 Å². The number of pyridine rings is 2. The third kappa shape index (κ3) is 3.90. The topological polar surface area (TPSA) is 72.8 Å². The zero-order valence-electron chi connectivity index (χ0n) is 14.4. The third-order valence-corrected chi connectivity index (χ3v) is 3.75. The summed E-state index contributed by atoms with van der Waals surface area (Å²) in [6, 6.07) is 12.4. The van der Waals surface area contributed by atoms with Gasteiger partial charge < -0.3 is 10.1 Å². The van der Waals surface area contributed by atoms with Gasteiger partial charge in [0.2, 0.25) is 11.8 Å². The van der Waals surface area contributed by atoms with E-state index in [9.17, 15) is 8.78 Å². The lowest BCUT2D eigenvalue weighted by atomic mass is 10.2. The molecule has 0 spiro atoms. The molecule has 4 rings (SSSR count). The second-order valence-electron chi connectivity index (χ2n) is 5.66. The predicted octanol–water partition coefficient (Wildman–Crippen LogP) is 4.75. The summed E-state index contributed by atoms with van der Waals surface area (Å²) >= 11 is 0. The minimum absolute atomic E-state index is 0.123. The minimum Gasteiger partial charge on any atom is -0.437 e. The first-order chi connectivity index (χ1) is 13.7. The Kier molecular flexibility index (Phi) is 4.83. The van der Waals surface area contributed by atoms with Gasteiger partial charge in [-0.2, -0.15) is 4.39 Å². The second kappa shape index (κ2) is 7.75. The number of rotatable bonds is 5. The molecule has 6 nitrogen and oxygen atoms in total. The molecule has 28 heavy (non-hydrogen) atoms. The number of hydrogen-bond acceptors (Lipinski definition) is 6. The summed E-state index contributed by atoms with van der Waals surface area (Å²) in [6.07, 6.45) is 5.82. The van der Waals surface area contributed by atoms with E-state index in [1.165, 1.54) is 36.8 Å². The molecule has 0 bridgehead atoms. The number of hydrogen-bond donors (Lipinski definition) is 1. The Labute approximate surface area is 158 Å². The molecule has 8 heteroatoms. The van der Waals surface area contributed by atoms with Gasteiger partial charge in [-0.1, -0.05) is 6.07 Å². The van der Waals surface area contributed by atoms with E-state index in [-0.39, 0.29) is 17.3 Å². The second-order valence-corrected chi connectivity index (χ2v) is 5.66. The summed E-state index contributed by atoms with van der Waals surface area (Å²) in [5.74, 6) is -0.307. The van der Waals surface area contributed by atoms with Crippen molar-refractivity contribution < 1.29 is 13.5 Å². The van der Waals surface area contributed by atoms with Crippen molar-refractivity contribution in [2.45, 2.75) is 0 Å². The number of anilines is 2. The molecule has 1 aromatic carbocycles. The van der Waals surface area contributed by atoms with Gasteiger partial charge in [0, 0.05) is 42.5 Å². The average molecular weight is 377 g/mol. The fraction of sp³-hybridized carbons (Fsp3) is 0. The van der Waals surface area contributed by atoms with Crippen molar-refractivity contribution in [1.29, 1.82) is 0 Å². The number of halogens is 2. The fourth-order valence-corrected chi connectivity index (χ4v) is 2.49. The first-order valence-corrected chi connectivity index (χ1v) is 8.27. The largest absolute Gasteiger partial charge is 0.437 e. The summed E-state index contributed by atoms with van der Waals surface area (Å²) < 4.78 is 33.6. The Morgan fingerprint density at radius 2 is 1.68 bits per heavy atom. The molecule has 0 aliphatic rings. The smallest absolute Gasteiger partial charge is 0.246 e. The van der Waals surface area contributed by atoms with Gasteiger partial charge in [0.05, 0.1) is 5.69 Å². The molecule has 138 valence electrons. The van der Waals surface area contributed by atoms with Crippen molar-refractivity contribution in [3.8, 4) is 22.9 Å². The van der Waals surface area contributed by atoms with Crippen LogP contribution in [0.5, 0.6) is 11.6 Å². The van der Waals surface area contributed by atoms with Crippen LogP contribution < -0.4 is 10.1 Å². The molecule has 0 amide bonds. The predicted molar refractivity (Wildman–Crippen MR) is 99.2 cm³/mol. The summed E-state index contributed by atoms with van der Waals surface area (Å²) in [5, 5.41) is 2.89. The number of nitrogens with zero attached hydrogens (tertiary/aromatic N) is 4. The quantitative estimate of drug-likeness (QED) is 0.506. The lowest BCUT2D eigenvalue weighted by Gasteiger charge is -2.11. The van der Waals surface area contributed by atoms with Crippen molar-refractivity contribution in [3.05, 3.63) is 85.1 Å². The SMILES string of the molecule is Fc1cc(-c2nccnc2Oc2ccc(Nc3ccccn3)c(F)c2)ccn1. The van der Waals surface area contributed by atoms with E-state index in [0.29, 0.717) is 17.1 Å². The molecule has 0 aliphatic carbocycles. The monoisotopic (exact) mass is 377 g/mol. The molecule has 0 aliphatic heterocycles. The van der Waals surface area contributed by atoms with Crippen LogP contribution >= 0.6 is 0 Å². The third-order valence-electron chi connectivity index (χ3n) is 3.75. The van der Waals surface area contributed by atoms with Crippen LogP contribution in [0.25, 0.3) is 11.3 Å². The number of aromatic nitrogens is 4. The summed E-state index contributed by atoms with van der Waals surface area (Å²) in [6.45, 7) is 0. The summed E-state index contributed by atoms with van der Waals surface area (Å²) in [4.78, 5) is 15.9. The number of ether oxygens (including phenoxy) is 1. The molecule has 3 aromatic heterocycles. The highest BCUT2D eigenvalue weighted by Crippen LogP contribution is 2.31. The molecule has 0 atom stereocenters. The van der Waals surface area contributed by atoms with Gasteiger partial charge in [-0.05, 0) is 30.3 Å². The van der Waals surface area contributed by atoms with Crippen LogP contribution in [0.2, 0.25) is 0 Å². The molecule has 4 aromatic rings. The van der Waals surface area contributed by atoms with E-state index < -0.39 is 11.8 Å². The first kappa shape index (κ1) is 17.5. The molecule has 0 unspecified atom stereocenters. The van der Waals surface area contributed by atoms with Gasteiger partial charge in [-0.25, -0.2) is 24.3 Å². The zero-order chi connectivity index (χ0) is 19.3. The van der Waals surface area contributed by atoms with Crippen LogP contribution in [0.3, 0.4) is 0 Å². The molecule has 0 fully saturated rings. The fourth-order valence-electron chi connectivity index (χ4n) is 2.49. The Balaban J connectivity index is 1.59. The molecule has 0 saturated carbocycles. The maximum atomic E-state index is 14.5. The van der Waals surface area contributed by atoms with E-state index in [0.717, 1.165) is 0 Å². The summed E-state index contributed by atoms with van der Waals surface area (Å²) in [7, 11) is 0. The van der Waals surface area contributed by atoms with Crippen LogP contribution in [-0.4, -0.2) is 19.9 Å². The van der Waals surface area contributed by atoms with Crippen LogP contribution in [0.1, 0.15) is 0 Å². The Hall–Kier alpha value is -3.94. The van der Waals surface area contributed by atoms with Crippen molar-refractivity contribution in [2.75, 3.05) is 5.32 Å². The van der Waals surface area contributed by atoms with Crippen LogP contribution in [0.15, 0.2) is 73.3 Å².